The molecule has 174 valence electrons. The van der Waals surface area contributed by atoms with Crippen LogP contribution in [0.1, 0.15) is 29.4 Å². The van der Waals surface area contributed by atoms with Crippen molar-refractivity contribution in [2.24, 2.45) is 0 Å². The molecule has 0 aliphatic rings. The van der Waals surface area contributed by atoms with Crippen LogP contribution in [0.2, 0.25) is 0 Å². The van der Waals surface area contributed by atoms with Crippen molar-refractivity contribution in [1.82, 2.24) is 15.5 Å². The second-order valence-electron chi connectivity index (χ2n) is 7.51. The summed E-state index contributed by atoms with van der Waals surface area (Å²) in [5.74, 6) is 0.708. The molecule has 0 saturated heterocycles. The lowest BCUT2D eigenvalue weighted by Gasteiger charge is -2.18. The molecule has 0 aliphatic carbocycles. The number of carbonyl (C=O) groups is 1. The Hall–Kier alpha value is -3.65. The Labute approximate surface area is 201 Å². The molecule has 0 unspecified atom stereocenters. The molecule has 34 heavy (non-hydrogen) atoms. The van der Waals surface area contributed by atoms with E-state index in [-0.39, 0.29) is 35.9 Å². The van der Waals surface area contributed by atoms with E-state index in [1.165, 1.54) is 47.2 Å². The van der Waals surface area contributed by atoms with Crippen LogP contribution in [0.5, 0.6) is 5.75 Å². The summed E-state index contributed by atoms with van der Waals surface area (Å²) in [6, 6.07) is 26.2. The molecule has 1 aromatic heterocycles. The minimum Gasteiger partial charge on any atom is -0.484 e. The summed E-state index contributed by atoms with van der Waals surface area (Å²) >= 11 is 1.17. The first-order valence-corrected chi connectivity index (χ1v) is 11.9. The highest BCUT2D eigenvalue weighted by molar-refractivity contribution is 7.99. The molecular weight excluding hydrogens is 453 g/mol. The number of nitrogens with zero attached hydrogens (tertiary/aromatic N) is 2. The second-order valence-corrected chi connectivity index (χ2v) is 8.43. The molecule has 0 radical (unpaired) electrons. The van der Waals surface area contributed by atoms with Crippen LogP contribution in [0.25, 0.3) is 0 Å². The molecular formula is C26H24FN3O3S. The van der Waals surface area contributed by atoms with Crippen LogP contribution in [0.15, 0.2) is 94.6 Å². The maximum atomic E-state index is 12.9. The molecule has 1 amide bonds. The molecule has 0 aliphatic heterocycles. The molecule has 0 fully saturated rings. The largest absolute Gasteiger partial charge is 0.484 e. The average molecular weight is 478 g/mol. The summed E-state index contributed by atoms with van der Waals surface area (Å²) in [6.45, 7) is 0.611. The van der Waals surface area contributed by atoms with E-state index in [1.807, 2.05) is 36.4 Å². The number of hydrogen-bond acceptors (Lipinski definition) is 6. The minimum atomic E-state index is -0.335. The average Bonchev–Trinajstić information content (AvgIpc) is 3.34. The van der Waals surface area contributed by atoms with E-state index in [2.05, 4.69) is 39.8 Å². The molecule has 1 N–H and O–H groups in total. The summed E-state index contributed by atoms with van der Waals surface area (Å²) in [5, 5.41) is 11.1. The van der Waals surface area contributed by atoms with E-state index >= 15 is 0 Å². The third-order valence-corrected chi connectivity index (χ3v) is 5.93. The van der Waals surface area contributed by atoms with Gasteiger partial charge >= 0.3 is 0 Å². The Morgan fingerprint density at radius 1 is 0.941 bits per heavy atom. The van der Waals surface area contributed by atoms with E-state index < -0.39 is 0 Å². The normalized spacial score (nSPS) is 10.9. The van der Waals surface area contributed by atoms with Gasteiger partial charge in [0, 0.05) is 12.5 Å². The van der Waals surface area contributed by atoms with Gasteiger partial charge in [-0.15, -0.1) is 10.2 Å². The van der Waals surface area contributed by atoms with Crippen molar-refractivity contribution < 1.29 is 18.3 Å². The first-order chi connectivity index (χ1) is 16.7. The third kappa shape index (κ3) is 6.92. The van der Waals surface area contributed by atoms with Gasteiger partial charge in [-0.2, -0.15) is 0 Å². The van der Waals surface area contributed by atoms with Crippen LogP contribution >= 0.6 is 11.8 Å². The highest BCUT2D eigenvalue weighted by Crippen LogP contribution is 2.27. The maximum Gasteiger partial charge on any atom is 0.277 e. The van der Waals surface area contributed by atoms with Crippen LogP contribution in [0.3, 0.4) is 0 Å². The number of nitrogens with one attached hydrogen (secondary N) is 1. The van der Waals surface area contributed by atoms with Gasteiger partial charge in [-0.05, 0) is 41.8 Å². The van der Waals surface area contributed by atoms with E-state index in [4.69, 9.17) is 9.15 Å². The molecule has 0 atom stereocenters. The Bertz CT molecular complexity index is 1130. The lowest BCUT2D eigenvalue weighted by Crippen LogP contribution is -2.27. The number of thioether (sulfide) groups is 1. The number of ether oxygens (including phenoxy) is 1. The Morgan fingerprint density at radius 2 is 1.59 bits per heavy atom. The molecule has 6 nitrogen and oxygen atoms in total. The molecule has 0 spiro atoms. The third-order valence-electron chi connectivity index (χ3n) is 5.11. The number of hydrogen-bond donors (Lipinski definition) is 1. The van der Waals surface area contributed by atoms with Gasteiger partial charge in [0.1, 0.15) is 11.6 Å². The zero-order valence-corrected chi connectivity index (χ0v) is 19.2. The van der Waals surface area contributed by atoms with Crippen LogP contribution < -0.4 is 10.1 Å². The van der Waals surface area contributed by atoms with Gasteiger partial charge in [0.15, 0.2) is 6.61 Å². The van der Waals surface area contributed by atoms with Crippen LogP contribution in [0, 0.1) is 5.82 Å². The smallest absolute Gasteiger partial charge is 0.277 e. The maximum absolute atomic E-state index is 12.9. The Morgan fingerprint density at radius 3 is 2.24 bits per heavy atom. The summed E-state index contributed by atoms with van der Waals surface area (Å²) < 4.78 is 23.9. The van der Waals surface area contributed by atoms with E-state index in [1.54, 1.807) is 0 Å². The standard InChI is InChI=1S/C26H24FN3O3S/c27-21-11-13-22(14-12-21)32-17-25-29-30-26(33-25)34-18-24(31)28-16-15-23(19-7-3-1-4-8-19)20-9-5-2-6-10-20/h1-14,23H,15-18H2,(H,28,31). The highest BCUT2D eigenvalue weighted by Gasteiger charge is 2.15. The zero-order chi connectivity index (χ0) is 23.6. The minimum absolute atomic E-state index is 0.0613. The quantitative estimate of drug-likeness (QED) is 0.299. The molecule has 8 heteroatoms. The van der Waals surface area contributed by atoms with Gasteiger partial charge < -0.3 is 14.5 Å². The Kier molecular flexibility index (Phi) is 8.29. The topological polar surface area (TPSA) is 77.2 Å². The molecule has 4 rings (SSSR count). The molecule has 3 aromatic carbocycles. The molecule has 0 bridgehead atoms. The Balaban J connectivity index is 1.22. The fourth-order valence-corrected chi connectivity index (χ4v) is 4.07. The van der Waals surface area contributed by atoms with E-state index in [0.29, 0.717) is 17.5 Å². The van der Waals surface area contributed by atoms with Gasteiger partial charge in [0.25, 0.3) is 11.1 Å². The van der Waals surface area contributed by atoms with Crippen molar-refractivity contribution in [1.29, 1.82) is 0 Å². The van der Waals surface area contributed by atoms with Gasteiger partial charge in [0.05, 0.1) is 5.75 Å². The number of aromatic nitrogens is 2. The first kappa shape index (κ1) is 23.5. The van der Waals surface area contributed by atoms with Crippen molar-refractivity contribution >= 4 is 17.7 Å². The SMILES string of the molecule is O=C(CSc1nnc(COc2ccc(F)cc2)o1)NCCC(c1ccccc1)c1ccccc1. The fraction of sp³-hybridized carbons (Fsp3) is 0.192. The zero-order valence-electron chi connectivity index (χ0n) is 18.4. The number of benzene rings is 3. The number of rotatable bonds is 11. The summed E-state index contributed by atoms with van der Waals surface area (Å²) in [5.41, 5.74) is 2.44. The van der Waals surface area contributed by atoms with Gasteiger partial charge in [-0.25, -0.2) is 4.39 Å². The van der Waals surface area contributed by atoms with Gasteiger partial charge in [0.2, 0.25) is 5.91 Å². The van der Waals surface area contributed by atoms with Crippen LogP contribution in [-0.4, -0.2) is 28.4 Å². The predicted molar refractivity (Wildman–Crippen MR) is 128 cm³/mol. The number of halogens is 1. The fourth-order valence-electron chi connectivity index (χ4n) is 3.46. The van der Waals surface area contributed by atoms with E-state index in [9.17, 15) is 9.18 Å². The summed E-state index contributed by atoms with van der Waals surface area (Å²) in [6.07, 6.45) is 0.788. The molecule has 0 saturated carbocycles. The second kappa shape index (κ2) is 12.0. The lowest BCUT2D eigenvalue weighted by molar-refractivity contribution is -0.118. The van der Waals surface area contributed by atoms with Crippen molar-refractivity contribution in [3.8, 4) is 5.75 Å². The summed E-state index contributed by atoms with van der Waals surface area (Å²) in [4.78, 5) is 12.3. The van der Waals surface area contributed by atoms with Crippen molar-refractivity contribution in [3.63, 3.8) is 0 Å². The monoisotopic (exact) mass is 477 g/mol. The molecule has 1 heterocycles. The highest BCUT2D eigenvalue weighted by atomic mass is 32.2. The van der Waals surface area contributed by atoms with Crippen molar-refractivity contribution in [2.45, 2.75) is 24.2 Å². The van der Waals surface area contributed by atoms with Crippen molar-refractivity contribution in [3.05, 3.63) is 108 Å². The van der Waals surface area contributed by atoms with Gasteiger partial charge in [-0.3, -0.25) is 4.79 Å². The van der Waals surface area contributed by atoms with Crippen LogP contribution in [0.4, 0.5) is 4.39 Å². The lowest BCUT2D eigenvalue weighted by atomic mass is 9.88. The molecule has 4 aromatic rings. The number of amides is 1. The van der Waals surface area contributed by atoms with Crippen molar-refractivity contribution in [2.75, 3.05) is 12.3 Å². The van der Waals surface area contributed by atoms with E-state index in [0.717, 1.165) is 6.42 Å². The summed E-state index contributed by atoms with van der Waals surface area (Å²) in [7, 11) is 0. The first-order valence-electron chi connectivity index (χ1n) is 10.9. The van der Waals surface area contributed by atoms with Gasteiger partial charge in [-0.1, -0.05) is 72.4 Å². The number of carbonyl (C=O) groups excluding carboxylic acids is 1. The van der Waals surface area contributed by atoms with Crippen LogP contribution in [-0.2, 0) is 11.4 Å². The predicted octanol–water partition coefficient (Wildman–Crippen LogP) is 5.22.